The van der Waals surface area contributed by atoms with E-state index in [0.29, 0.717) is 5.69 Å². The summed E-state index contributed by atoms with van der Waals surface area (Å²) in [6, 6.07) is 7.41. The van der Waals surface area contributed by atoms with Gasteiger partial charge in [-0.2, -0.15) is 5.26 Å². The van der Waals surface area contributed by atoms with Crippen LogP contribution >= 0.6 is 0 Å². The van der Waals surface area contributed by atoms with Crippen LogP contribution in [0.5, 0.6) is 0 Å². The second-order valence-electron chi connectivity index (χ2n) is 5.75. The fourth-order valence-electron chi connectivity index (χ4n) is 2.78. The fourth-order valence-corrected chi connectivity index (χ4v) is 2.78. The predicted molar refractivity (Wildman–Crippen MR) is 97.7 cm³/mol. The number of pyridine rings is 1. The maximum atomic E-state index is 12.7. The summed E-state index contributed by atoms with van der Waals surface area (Å²) in [6.45, 7) is 3.01. The van der Waals surface area contributed by atoms with Crippen LogP contribution in [0.3, 0.4) is 0 Å². The summed E-state index contributed by atoms with van der Waals surface area (Å²) in [7, 11) is 1.18. The van der Waals surface area contributed by atoms with Gasteiger partial charge in [0, 0.05) is 17.7 Å². The van der Waals surface area contributed by atoms with Crippen molar-refractivity contribution in [2.75, 3.05) is 13.7 Å². The number of carbonyl (C=O) groups excluding carboxylic acids is 2. The summed E-state index contributed by atoms with van der Waals surface area (Å²) >= 11 is 0. The zero-order chi connectivity index (χ0) is 20.8. The van der Waals surface area contributed by atoms with E-state index in [-0.39, 0.29) is 46.7 Å². The first-order chi connectivity index (χ1) is 13.3. The molecule has 2 rings (SSSR count). The minimum absolute atomic E-state index is 0.0000778. The molecule has 9 heteroatoms. The molecule has 0 aliphatic heterocycles. The fraction of sp³-hybridized carbons (Fsp3) is 0.263. The van der Waals surface area contributed by atoms with E-state index in [9.17, 15) is 19.7 Å². The minimum Gasteiger partial charge on any atom is -0.465 e. The van der Waals surface area contributed by atoms with Crippen LogP contribution in [0.25, 0.3) is 11.1 Å². The Kier molecular flexibility index (Phi) is 6.39. The number of aryl methyl sites for hydroxylation is 2. The summed E-state index contributed by atoms with van der Waals surface area (Å²) in [5, 5.41) is 19.8. The number of aromatic nitrogens is 1. The lowest BCUT2D eigenvalue weighted by molar-refractivity contribution is -0.384. The molecule has 9 nitrogen and oxygen atoms in total. The van der Waals surface area contributed by atoms with Crippen molar-refractivity contribution in [1.29, 1.82) is 5.26 Å². The van der Waals surface area contributed by atoms with Crippen molar-refractivity contribution in [3.8, 4) is 17.2 Å². The topological polar surface area (TPSA) is 132 Å². The molecule has 0 radical (unpaired) electrons. The lowest BCUT2D eigenvalue weighted by atomic mass is 9.92. The molecule has 1 aromatic heterocycles. The molecular weight excluding hydrogens is 366 g/mol. The minimum atomic E-state index is -0.785. The zero-order valence-corrected chi connectivity index (χ0v) is 15.5. The summed E-state index contributed by atoms with van der Waals surface area (Å²) in [5.41, 5.74) is 0.806. The van der Waals surface area contributed by atoms with E-state index in [4.69, 9.17) is 14.7 Å². The van der Waals surface area contributed by atoms with Crippen molar-refractivity contribution in [3.63, 3.8) is 0 Å². The van der Waals surface area contributed by atoms with Crippen LogP contribution in [0.15, 0.2) is 24.3 Å². The van der Waals surface area contributed by atoms with Gasteiger partial charge in [-0.25, -0.2) is 9.59 Å². The van der Waals surface area contributed by atoms with E-state index in [1.54, 1.807) is 19.9 Å². The highest BCUT2D eigenvalue weighted by atomic mass is 16.6. The van der Waals surface area contributed by atoms with E-state index >= 15 is 0 Å². The molecule has 1 aromatic carbocycles. The Balaban J connectivity index is 2.80. The first-order valence-corrected chi connectivity index (χ1v) is 8.20. The summed E-state index contributed by atoms with van der Waals surface area (Å²) in [5.74, 6) is -1.52. The van der Waals surface area contributed by atoms with Crippen LogP contribution in [-0.4, -0.2) is 35.6 Å². The lowest BCUT2D eigenvalue weighted by Crippen LogP contribution is -2.17. The molecule has 0 amide bonds. The Bertz CT molecular complexity index is 994. The van der Waals surface area contributed by atoms with Crippen LogP contribution in [0, 0.1) is 35.3 Å². The molecule has 0 fully saturated rings. The van der Waals surface area contributed by atoms with Gasteiger partial charge >= 0.3 is 11.9 Å². The van der Waals surface area contributed by atoms with Gasteiger partial charge in [0.05, 0.1) is 47.0 Å². The van der Waals surface area contributed by atoms with Crippen LogP contribution < -0.4 is 0 Å². The van der Waals surface area contributed by atoms with Crippen molar-refractivity contribution in [1.82, 2.24) is 4.98 Å². The van der Waals surface area contributed by atoms with E-state index < -0.39 is 16.9 Å². The van der Waals surface area contributed by atoms with E-state index in [1.165, 1.54) is 25.3 Å². The number of hydrogen-bond donors (Lipinski definition) is 0. The van der Waals surface area contributed by atoms with E-state index in [1.807, 2.05) is 6.07 Å². The number of carbonyl (C=O) groups is 2. The summed E-state index contributed by atoms with van der Waals surface area (Å²) < 4.78 is 9.93. The summed E-state index contributed by atoms with van der Waals surface area (Å²) in [4.78, 5) is 39.9. The van der Waals surface area contributed by atoms with Crippen molar-refractivity contribution in [2.45, 2.75) is 20.3 Å². The Morgan fingerprint density at radius 1 is 1.21 bits per heavy atom. The lowest BCUT2D eigenvalue weighted by Gasteiger charge is -2.17. The molecule has 1 heterocycles. The normalized spacial score (nSPS) is 10.1. The van der Waals surface area contributed by atoms with Crippen LogP contribution in [0.1, 0.15) is 38.5 Å². The van der Waals surface area contributed by atoms with Gasteiger partial charge in [0.15, 0.2) is 0 Å². The number of nitriles is 1. The molecule has 0 unspecified atom stereocenters. The molecule has 0 aliphatic rings. The average Bonchev–Trinajstić information content (AvgIpc) is 2.67. The smallest absolute Gasteiger partial charge is 0.340 e. The van der Waals surface area contributed by atoms with Crippen molar-refractivity contribution in [2.24, 2.45) is 0 Å². The van der Waals surface area contributed by atoms with Gasteiger partial charge in [-0.1, -0.05) is 12.1 Å². The third-order valence-corrected chi connectivity index (χ3v) is 3.95. The standard InChI is InChI=1S/C19H17N3O6/c1-11-15(18(23)27-3)17(13-6-4-7-14(10-13)22(25)26)16(12(2)21-11)19(24)28-9-5-8-20/h4,6-7,10H,5,9H2,1-3H3. The van der Waals surface area contributed by atoms with Crippen molar-refractivity contribution in [3.05, 3.63) is 56.9 Å². The number of hydrogen-bond acceptors (Lipinski definition) is 8. The molecule has 2 aromatic rings. The SMILES string of the molecule is COC(=O)c1c(C)nc(C)c(C(=O)OCCC#N)c1-c1cccc([N+](=O)[O-])c1. The third-order valence-electron chi connectivity index (χ3n) is 3.95. The van der Waals surface area contributed by atoms with Crippen molar-refractivity contribution >= 4 is 17.6 Å². The van der Waals surface area contributed by atoms with Gasteiger partial charge in [0.25, 0.3) is 5.69 Å². The first kappa shape index (κ1) is 20.5. The number of nitro benzene ring substituents is 1. The van der Waals surface area contributed by atoms with E-state index in [2.05, 4.69) is 4.98 Å². The molecular formula is C19H17N3O6. The molecule has 0 atom stereocenters. The van der Waals surface area contributed by atoms with Crippen LogP contribution in [0.4, 0.5) is 5.69 Å². The van der Waals surface area contributed by atoms with Gasteiger partial charge < -0.3 is 9.47 Å². The number of non-ortho nitro benzene ring substituents is 1. The third kappa shape index (κ3) is 4.12. The average molecular weight is 383 g/mol. The Labute approximate surface area is 160 Å². The molecule has 144 valence electrons. The molecule has 0 spiro atoms. The van der Waals surface area contributed by atoms with Crippen LogP contribution in [0.2, 0.25) is 0 Å². The number of nitro groups is 1. The molecule has 28 heavy (non-hydrogen) atoms. The number of ether oxygens (including phenoxy) is 2. The number of nitrogens with zero attached hydrogens (tertiary/aromatic N) is 3. The molecule has 0 bridgehead atoms. The maximum Gasteiger partial charge on any atom is 0.340 e. The number of esters is 2. The van der Waals surface area contributed by atoms with Gasteiger partial charge in [-0.15, -0.1) is 0 Å². The Morgan fingerprint density at radius 3 is 2.43 bits per heavy atom. The predicted octanol–water partition coefficient (Wildman–Crippen LogP) is 3.13. The van der Waals surface area contributed by atoms with Gasteiger partial charge in [0.1, 0.15) is 6.61 Å². The first-order valence-electron chi connectivity index (χ1n) is 8.20. The second kappa shape index (κ2) is 8.73. The van der Waals surface area contributed by atoms with Gasteiger partial charge in [0.2, 0.25) is 0 Å². The largest absolute Gasteiger partial charge is 0.465 e. The quantitative estimate of drug-likeness (QED) is 0.321. The van der Waals surface area contributed by atoms with Crippen LogP contribution in [-0.2, 0) is 9.47 Å². The maximum absolute atomic E-state index is 12.7. The highest BCUT2D eigenvalue weighted by Gasteiger charge is 2.28. The Morgan fingerprint density at radius 2 is 1.86 bits per heavy atom. The number of rotatable bonds is 6. The highest BCUT2D eigenvalue weighted by molar-refractivity contribution is 6.07. The second-order valence-corrected chi connectivity index (χ2v) is 5.75. The van der Waals surface area contributed by atoms with Gasteiger partial charge in [-0.3, -0.25) is 15.1 Å². The molecule has 0 saturated heterocycles. The van der Waals surface area contributed by atoms with Crippen molar-refractivity contribution < 1.29 is 24.0 Å². The van der Waals surface area contributed by atoms with E-state index in [0.717, 1.165) is 0 Å². The zero-order valence-electron chi connectivity index (χ0n) is 15.5. The molecule has 0 N–H and O–H groups in total. The number of benzene rings is 1. The summed E-state index contributed by atoms with van der Waals surface area (Å²) in [6.07, 6.45) is 0.0000778. The molecule has 0 saturated carbocycles. The highest BCUT2D eigenvalue weighted by Crippen LogP contribution is 2.34. The Hall–Kier alpha value is -3.80. The number of methoxy groups -OCH3 is 1. The monoisotopic (exact) mass is 383 g/mol. The molecule has 0 aliphatic carbocycles. The van der Waals surface area contributed by atoms with Gasteiger partial charge in [-0.05, 0) is 19.4 Å².